The lowest BCUT2D eigenvalue weighted by Gasteiger charge is -2.14. The fraction of sp³-hybridized carbons (Fsp3) is 0.143. The molecule has 0 aliphatic heterocycles. The van der Waals surface area contributed by atoms with Gasteiger partial charge in [0.05, 0.1) is 5.02 Å². The molecule has 0 aromatic heterocycles. The molecule has 2 rings (SSSR count). The smallest absolute Gasteiger partial charge is 0.147 e. The number of rotatable bonds is 3. The van der Waals surface area contributed by atoms with E-state index >= 15 is 0 Å². The summed E-state index contributed by atoms with van der Waals surface area (Å²) in [5.74, 6) is 1.22. The van der Waals surface area contributed by atoms with Crippen molar-refractivity contribution in [2.75, 3.05) is 0 Å². The first-order valence-electron chi connectivity index (χ1n) is 5.56. The molecule has 4 heteroatoms. The molecule has 0 fully saturated rings. The van der Waals surface area contributed by atoms with Gasteiger partial charge >= 0.3 is 0 Å². The number of ether oxygens (including phenoxy) is 1. The highest BCUT2D eigenvalue weighted by Crippen LogP contribution is 2.36. The molecule has 0 saturated heterocycles. The molecule has 0 bridgehead atoms. The molecule has 2 aromatic carbocycles. The summed E-state index contributed by atoms with van der Waals surface area (Å²) in [6.45, 7) is 1.90. The van der Waals surface area contributed by atoms with Crippen molar-refractivity contribution in [3.63, 3.8) is 0 Å². The third kappa shape index (κ3) is 2.78. The standard InChI is InChI=1S/C14H13Cl2NO/c1-9(17)10-5-2-3-7-12(10)18-13-8-4-6-11(15)14(13)16/h2-9H,17H2,1H3/t9-/m0/s1. The van der Waals surface area contributed by atoms with Crippen LogP contribution in [0.4, 0.5) is 0 Å². The Bertz CT molecular complexity index is 555. The molecule has 0 aliphatic rings. The molecule has 2 aromatic rings. The number of halogens is 2. The maximum Gasteiger partial charge on any atom is 0.147 e. The third-order valence-electron chi connectivity index (χ3n) is 2.55. The summed E-state index contributed by atoms with van der Waals surface area (Å²) in [5, 5.41) is 0.867. The normalized spacial score (nSPS) is 12.2. The molecule has 0 amide bonds. The van der Waals surface area contributed by atoms with Crippen LogP contribution in [0.3, 0.4) is 0 Å². The molecule has 0 spiro atoms. The Morgan fingerprint density at radius 3 is 2.39 bits per heavy atom. The Balaban J connectivity index is 2.37. The minimum Gasteiger partial charge on any atom is -0.455 e. The lowest BCUT2D eigenvalue weighted by molar-refractivity contribution is 0.472. The average Bonchev–Trinajstić information content (AvgIpc) is 2.35. The van der Waals surface area contributed by atoms with Crippen molar-refractivity contribution in [2.45, 2.75) is 13.0 Å². The summed E-state index contributed by atoms with van der Waals surface area (Å²) in [6.07, 6.45) is 0. The van der Waals surface area contributed by atoms with E-state index in [1.54, 1.807) is 18.2 Å². The molecule has 2 N–H and O–H groups in total. The van der Waals surface area contributed by atoms with Gasteiger partial charge in [0.1, 0.15) is 16.5 Å². The van der Waals surface area contributed by atoms with Gasteiger partial charge in [-0.1, -0.05) is 47.5 Å². The van der Waals surface area contributed by atoms with Crippen LogP contribution in [0.1, 0.15) is 18.5 Å². The zero-order chi connectivity index (χ0) is 13.1. The van der Waals surface area contributed by atoms with Gasteiger partial charge in [0.25, 0.3) is 0 Å². The zero-order valence-electron chi connectivity index (χ0n) is 9.86. The van der Waals surface area contributed by atoms with E-state index in [9.17, 15) is 0 Å². The van der Waals surface area contributed by atoms with Crippen molar-refractivity contribution in [1.82, 2.24) is 0 Å². The number of para-hydroxylation sites is 1. The van der Waals surface area contributed by atoms with Crippen LogP contribution in [0.25, 0.3) is 0 Å². The lowest BCUT2D eigenvalue weighted by atomic mass is 10.1. The van der Waals surface area contributed by atoms with Gasteiger partial charge in [-0.25, -0.2) is 0 Å². The molecule has 0 unspecified atom stereocenters. The first kappa shape index (κ1) is 13.2. The molecule has 0 saturated carbocycles. The van der Waals surface area contributed by atoms with Crippen LogP contribution in [0.15, 0.2) is 42.5 Å². The van der Waals surface area contributed by atoms with Crippen molar-refractivity contribution >= 4 is 23.2 Å². The maximum absolute atomic E-state index is 6.09. The van der Waals surface area contributed by atoms with Crippen molar-refractivity contribution in [1.29, 1.82) is 0 Å². The van der Waals surface area contributed by atoms with Crippen LogP contribution in [-0.2, 0) is 0 Å². The Kier molecular flexibility index (Phi) is 4.12. The highest BCUT2D eigenvalue weighted by atomic mass is 35.5. The van der Waals surface area contributed by atoms with Crippen molar-refractivity contribution < 1.29 is 4.74 Å². The lowest BCUT2D eigenvalue weighted by Crippen LogP contribution is -2.06. The van der Waals surface area contributed by atoms with Gasteiger partial charge in [-0.05, 0) is 25.1 Å². The van der Waals surface area contributed by atoms with Crippen LogP contribution in [0, 0.1) is 0 Å². The molecule has 18 heavy (non-hydrogen) atoms. The molecule has 0 aliphatic carbocycles. The Labute approximate surface area is 116 Å². The molecule has 2 nitrogen and oxygen atoms in total. The number of benzene rings is 2. The van der Waals surface area contributed by atoms with Gasteiger partial charge in [-0.15, -0.1) is 0 Å². The van der Waals surface area contributed by atoms with Crippen molar-refractivity contribution in [3.8, 4) is 11.5 Å². The van der Waals surface area contributed by atoms with Gasteiger partial charge in [0.15, 0.2) is 0 Å². The van der Waals surface area contributed by atoms with Crippen LogP contribution in [0.5, 0.6) is 11.5 Å². The van der Waals surface area contributed by atoms with E-state index in [0.717, 1.165) is 5.56 Å². The van der Waals surface area contributed by atoms with E-state index < -0.39 is 0 Å². The van der Waals surface area contributed by atoms with E-state index in [-0.39, 0.29) is 6.04 Å². The molecular weight excluding hydrogens is 269 g/mol. The van der Waals surface area contributed by atoms with Crippen LogP contribution in [0.2, 0.25) is 10.0 Å². The van der Waals surface area contributed by atoms with Gasteiger partial charge in [0, 0.05) is 11.6 Å². The second kappa shape index (κ2) is 5.61. The number of hydrogen-bond donors (Lipinski definition) is 1. The summed E-state index contributed by atoms with van der Waals surface area (Å²) < 4.78 is 5.79. The maximum atomic E-state index is 6.09. The molecular formula is C14H13Cl2NO. The predicted octanol–water partition coefficient (Wildman–Crippen LogP) is 4.81. The fourth-order valence-electron chi connectivity index (χ4n) is 1.63. The van der Waals surface area contributed by atoms with Gasteiger partial charge < -0.3 is 10.5 Å². The van der Waals surface area contributed by atoms with E-state index in [1.807, 2.05) is 31.2 Å². The largest absolute Gasteiger partial charge is 0.455 e. The summed E-state index contributed by atoms with van der Waals surface area (Å²) in [4.78, 5) is 0. The first-order chi connectivity index (χ1) is 8.59. The summed E-state index contributed by atoms with van der Waals surface area (Å²) in [7, 11) is 0. The van der Waals surface area contributed by atoms with Crippen molar-refractivity contribution in [2.24, 2.45) is 5.73 Å². The van der Waals surface area contributed by atoms with Crippen LogP contribution < -0.4 is 10.5 Å². The topological polar surface area (TPSA) is 35.2 Å². The summed E-state index contributed by atoms with van der Waals surface area (Å²) in [6, 6.07) is 12.8. The van der Waals surface area contributed by atoms with Crippen LogP contribution in [-0.4, -0.2) is 0 Å². The second-order valence-corrected chi connectivity index (χ2v) is 4.77. The van der Waals surface area contributed by atoms with Crippen LogP contribution >= 0.6 is 23.2 Å². The quantitative estimate of drug-likeness (QED) is 0.877. The fourth-order valence-corrected chi connectivity index (χ4v) is 1.96. The van der Waals surface area contributed by atoms with E-state index in [4.69, 9.17) is 33.7 Å². The minimum absolute atomic E-state index is 0.112. The molecule has 0 radical (unpaired) electrons. The molecule has 0 heterocycles. The molecule has 94 valence electrons. The van der Waals surface area contributed by atoms with Crippen molar-refractivity contribution in [3.05, 3.63) is 58.1 Å². The third-order valence-corrected chi connectivity index (χ3v) is 3.35. The average molecular weight is 282 g/mol. The SMILES string of the molecule is C[C@H](N)c1ccccc1Oc1cccc(Cl)c1Cl. The van der Waals surface area contributed by atoms with E-state index in [0.29, 0.717) is 21.5 Å². The van der Waals surface area contributed by atoms with E-state index in [2.05, 4.69) is 0 Å². The minimum atomic E-state index is -0.112. The predicted molar refractivity (Wildman–Crippen MR) is 75.6 cm³/mol. The van der Waals surface area contributed by atoms with Gasteiger partial charge in [0.2, 0.25) is 0 Å². The second-order valence-electron chi connectivity index (χ2n) is 3.98. The Morgan fingerprint density at radius 2 is 1.67 bits per heavy atom. The highest BCUT2D eigenvalue weighted by Gasteiger charge is 2.11. The monoisotopic (exact) mass is 281 g/mol. The van der Waals surface area contributed by atoms with Gasteiger partial charge in [-0.3, -0.25) is 0 Å². The number of nitrogens with two attached hydrogens (primary N) is 1. The number of hydrogen-bond acceptors (Lipinski definition) is 2. The van der Waals surface area contributed by atoms with E-state index in [1.165, 1.54) is 0 Å². The highest BCUT2D eigenvalue weighted by molar-refractivity contribution is 6.42. The Morgan fingerprint density at radius 1 is 1.00 bits per heavy atom. The van der Waals surface area contributed by atoms with Gasteiger partial charge in [-0.2, -0.15) is 0 Å². The Hall–Kier alpha value is -1.22. The zero-order valence-corrected chi connectivity index (χ0v) is 11.4. The molecule has 1 atom stereocenters. The first-order valence-corrected chi connectivity index (χ1v) is 6.31. The summed E-state index contributed by atoms with van der Waals surface area (Å²) >= 11 is 12.0. The summed E-state index contributed by atoms with van der Waals surface area (Å²) in [5.41, 5.74) is 6.82.